The molecule has 1 unspecified atom stereocenters. The van der Waals surface area contributed by atoms with Gasteiger partial charge in [-0.2, -0.15) is 0 Å². The smallest absolute Gasteiger partial charge is 0.161 e. The van der Waals surface area contributed by atoms with Gasteiger partial charge in [-0.15, -0.1) is 0 Å². The summed E-state index contributed by atoms with van der Waals surface area (Å²) in [4.78, 5) is 1.85. The molecule has 35 heavy (non-hydrogen) atoms. The number of rotatable bonds is 10. The van der Waals surface area contributed by atoms with Crippen LogP contribution in [0.4, 0.5) is 0 Å². The Morgan fingerprint density at radius 2 is 1.60 bits per heavy atom. The van der Waals surface area contributed by atoms with Crippen molar-refractivity contribution in [3.63, 3.8) is 0 Å². The third-order valence-electron chi connectivity index (χ3n) is 6.75. The molecule has 4 rings (SSSR count). The average molecular weight is 488 g/mol. The van der Waals surface area contributed by atoms with Gasteiger partial charge in [0.25, 0.3) is 0 Å². The lowest BCUT2D eigenvalue weighted by molar-refractivity contribution is -0.145. The van der Waals surface area contributed by atoms with Crippen LogP contribution in [0, 0.1) is 0 Å². The SMILES string of the molecule is OCC1[C@@H](O)[C@H](O)[C@@H](O)CN1CCCCCOCc1ccc(-c2ccc3c(c2)OCCCO3)cc1. The highest BCUT2D eigenvalue weighted by Crippen LogP contribution is 2.34. The standard InChI is InChI=1S/C27H37NO7/c29-17-22-26(31)27(32)23(30)16-28(22)11-2-1-3-12-33-18-19-5-7-20(8-6-19)21-9-10-24-25(15-21)35-14-4-13-34-24/h5-10,15,22-23,26-27,29-32H,1-4,11-14,16-18H2/t22?,23-,26+,27+/m0/s1. The van der Waals surface area contributed by atoms with E-state index in [0.29, 0.717) is 33.0 Å². The molecule has 4 atom stereocenters. The van der Waals surface area contributed by atoms with Gasteiger partial charge in [0.2, 0.25) is 0 Å². The molecule has 2 aliphatic heterocycles. The Labute approximate surface area is 206 Å². The molecule has 1 saturated heterocycles. The minimum Gasteiger partial charge on any atom is -0.490 e. The highest BCUT2D eigenvalue weighted by Gasteiger charge is 2.40. The van der Waals surface area contributed by atoms with Crippen molar-refractivity contribution in [2.24, 2.45) is 0 Å². The van der Waals surface area contributed by atoms with E-state index in [9.17, 15) is 20.4 Å². The molecular weight excluding hydrogens is 450 g/mol. The molecule has 0 aliphatic carbocycles. The molecule has 0 spiro atoms. The third-order valence-corrected chi connectivity index (χ3v) is 6.75. The van der Waals surface area contributed by atoms with Crippen LogP contribution < -0.4 is 9.47 Å². The van der Waals surface area contributed by atoms with Crippen molar-refractivity contribution in [2.75, 3.05) is 39.5 Å². The number of piperidine rings is 1. The van der Waals surface area contributed by atoms with Gasteiger partial charge in [-0.3, -0.25) is 4.90 Å². The number of aliphatic hydroxyl groups is 4. The summed E-state index contributed by atoms with van der Waals surface area (Å²) in [6, 6.07) is 13.8. The van der Waals surface area contributed by atoms with Crippen molar-refractivity contribution >= 4 is 0 Å². The van der Waals surface area contributed by atoms with Gasteiger partial charge in [0.15, 0.2) is 11.5 Å². The van der Waals surface area contributed by atoms with E-state index in [0.717, 1.165) is 53.9 Å². The lowest BCUT2D eigenvalue weighted by Crippen LogP contribution is -2.62. The van der Waals surface area contributed by atoms with Crippen LogP contribution >= 0.6 is 0 Å². The van der Waals surface area contributed by atoms with Crippen molar-refractivity contribution in [1.82, 2.24) is 4.90 Å². The molecule has 0 radical (unpaired) electrons. The Morgan fingerprint density at radius 1 is 0.857 bits per heavy atom. The Bertz CT molecular complexity index is 922. The van der Waals surface area contributed by atoms with Crippen molar-refractivity contribution in [1.29, 1.82) is 0 Å². The molecular formula is C27H37NO7. The molecule has 4 N–H and O–H groups in total. The van der Waals surface area contributed by atoms with E-state index >= 15 is 0 Å². The highest BCUT2D eigenvalue weighted by molar-refractivity contribution is 5.67. The minimum atomic E-state index is -1.21. The summed E-state index contributed by atoms with van der Waals surface area (Å²) in [5.41, 5.74) is 3.32. The number of unbranched alkanes of at least 4 members (excludes halogenated alkanes) is 2. The van der Waals surface area contributed by atoms with Crippen molar-refractivity contribution in [3.8, 4) is 22.6 Å². The molecule has 2 heterocycles. The Kier molecular flexibility index (Phi) is 9.37. The van der Waals surface area contributed by atoms with Crippen LogP contribution in [0.5, 0.6) is 11.5 Å². The Balaban J connectivity index is 1.15. The number of aliphatic hydroxyl groups excluding tert-OH is 4. The maximum Gasteiger partial charge on any atom is 0.161 e. The number of ether oxygens (including phenoxy) is 3. The van der Waals surface area contributed by atoms with Crippen molar-refractivity contribution < 1.29 is 34.6 Å². The van der Waals surface area contributed by atoms with Gasteiger partial charge in [0, 0.05) is 19.6 Å². The Hall–Kier alpha value is -2.20. The quantitative estimate of drug-likeness (QED) is 0.377. The second kappa shape index (κ2) is 12.7. The molecule has 2 aliphatic rings. The van der Waals surface area contributed by atoms with E-state index in [2.05, 4.69) is 30.3 Å². The largest absolute Gasteiger partial charge is 0.490 e. The lowest BCUT2D eigenvalue weighted by Gasteiger charge is -2.43. The first-order chi connectivity index (χ1) is 17.1. The van der Waals surface area contributed by atoms with Crippen LogP contribution in [-0.4, -0.2) is 89.2 Å². The Morgan fingerprint density at radius 3 is 2.37 bits per heavy atom. The fourth-order valence-electron chi connectivity index (χ4n) is 4.66. The van der Waals surface area contributed by atoms with Crippen LogP contribution in [0.15, 0.2) is 42.5 Å². The maximum atomic E-state index is 10.1. The summed E-state index contributed by atoms with van der Waals surface area (Å²) in [5.74, 6) is 1.60. The van der Waals surface area contributed by atoms with Crippen LogP contribution in [-0.2, 0) is 11.3 Å². The second-order valence-electron chi connectivity index (χ2n) is 9.32. The van der Waals surface area contributed by atoms with Crippen LogP contribution in [0.2, 0.25) is 0 Å². The van der Waals surface area contributed by atoms with E-state index in [4.69, 9.17) is 14.2 Å². The van der Waals surface area contributed by atoms with Crippen LogP contribution in [0.25, 0.3) is 11.1 Å². The number of nitrogens with zero attached hydrogens (tertiary/aromatic N) is 1. The molecule has 192 valence electrons. The molecule has 1 fully saturated rings. The molecule has 2 aromatic carbocycles. The molecule has 8 heteroatoms. The minimum absolute atomic E-state index is 0.248. The third kappa shape index (κ3) is 6.73. The lowest BCUT2D eigenvalue weighted by atomic mass is 9.94. The van der Waals surface area contributed by atoms with E-state index in [-0.39, 0.29) is 13.2 Å². The van der Waals surface area contributed by atoms with Gasteiger partial charge < -0.3 is 34.6 Å². The maximum absolute atomic E-state index is 10.1. The topological polar surface area (TPSA) is 112 Å². The van der Waals surface area contributed by atoms with E-state index < -0.39 is 24.4 Å². The van der Waals surface area contributed by atoms with E-state index in [1.165, 1.54) is 0 Å². The van der Waals surface area contributed by atoms with Gasteiger partial charge in [-0.25, -0.2) is 0 Å². The molecule has 0 amide bonds. The monoisotopic (exact) mass is 487 g/mol. The van der Waals surface area contributed by atoms with Crippen LogP contribution in [0.1, 0.15) is 31.2 Å². The average Bonchev–Trinajstić information content (AvgIpc) is 3.12. The zero-order valence-corrected chi connectivity index (χ0v) is 20.1. The first kappa shape index (κ1) is 25.9. The van der Waals surface area contributed by atoms with E-state index in [1.807, 2.05) is 17.0 Å². The zero-order chi connectivity index (χ0) is 24.6. The molecule has 0 bridgehead atoms. The number of hydrogen-bond donors (Lipinski definition) is 4. The molecule has 0 saturated carbocycles. The number of fused-ring (bicyclic) bond motifs is 1. The van der Waals surface area contributed by atoms with Crippen molar-refractivity contribution in [3.05, 3.63) is 48.0 Å². The summed E-state index contributed by atoms with van der Waals surface area (Å²) in [5, 5.41) is 39.3. The summed E-state index contributed by atoms with van der Waals surface area (Å²) in [6.07, 6.45) is 0.240. The van der Waals surface area contributed by atoms with Gasteiger partial charge in [-0.05, 0) is 54.6 Å². The number of hydrogen-bond acceptors (Lipinski definition) is 8. The normalized spacial score (nSPS) is 24.8. The number of β-amino-alcohol motifs (C(OH)–C–C–N with tert-alkyl or cyclic N) is 1. The molecule has 2 aromatic rings. The van der Waals surface area contributed by atoms with Crippen molar-refractivity contribution in [2.45, 2.75) is 56.6 Å². The number of benzene rings is 2. The first-order valence-corrected chi connectivity index (χ1v) is 12.5. The summed E-state index contributed by atoms with van der Waals surface area (Å²) in [6.45, 7) is 3.21. The van der Waals surface area contributed by atoms with Gasteiger partial charge in [0.05, 0.1) is 38.6 Å². The van der Waals surface area contributed by atoms with Gasteiger partial charge >= 0.3 is 0 Å². The zero-order valence-electron chi connectivity index (χ0n) is 20.1. The summed E-state index contributed by atoms with van der Waals surface area (Å²) < 4.78 is 17.3. The molecule has 0 aromatic heterocycles. The number of likely N-dealkylation sites (tertiary alicyclic amines) is 1. The first-order valence-electron chi connectivity index (χ1n) is 12.5. The predicted molar refractivity (Wildman–Crippen MR) is 131 cm³/mol. The highest BCUT2D eigenvalue weighted by atomic mass is 16.5. The summed E-state index contributed by atoms with van der Waals surface area (Å²) >= 11 is 0. The van der Waals surface area contributed by atoms with Crippen LogP contribution in [0.3, 0.4) is 0 Å². The van der Waals surface area contributed by atoms with E-state index in [1.54, 1.807) is 0 Å². The molecule has 8 nitrogen and oxygen atoms in total. The predicted octanol–water partition coefficient (Wildman–Crippen LogP) is 1.96. The fourth-order valence-corrected chi connectivity index (χ4v) is 4.66. The summed E-state index contributed by atoms with van der Waals surface area (Å²) in [7, 11) is 0. The van der Waals surface area contributed by atoms with Gasteiger partial charge in [-0.1, -0.05) is 30.3 Å². The van der Waals surface area contributed by atoms with Gasteiger partial charge in [0.1, 0.15) is 12.2 Å². The second-order valence-corrected chi connectivity index (χ2v) is 9.32. The fraction of sp³-hybridized carbons (Fsp3) is 0.556.